The minimum absolute atomic E-state index is 0.115. The number of benzene rings is 2. The Hall–Kier alpha value is -1.82. The van der Waals surface area contributed by atoms with Gasteiger partial charge in [0.05, 0.1) is 19.8 Å². The predicted octanol–water partition coefficient (Wildman–Crippen LogP) is 3.14. The van der Waals surface area contributed by atoms with E-state index in [1.165, 1.54) is 5.56 Å². The van der Waals surface area contributed by atoms with Crippen molar-refractivity contribution in [1.29, 1.82) is 0 Å². The van der Waals surface area contributed by atoms with Gasteiger partial charge >= 0.3 is 0 Å². The first-order valence-corrected chi connectivity index (χ1v) is 9.16. The number of carbonyl (C=O) groups is 1. The Labute approximate surface area is 147 Å². The Morgan fingerprint density at radius 1 is 1.04 bits per heavy atom. The number of carbonyl (C=O) groups excluding carboxylic acids is 1. The minimum Gasteiger partial charge on any atom is -0.378 e. The van der Waals surface area contributed by atoms with Crippen molar-refractivity contribution >= 4 is 23.4 Å². The van der Waals surface area contributed by atoms with Crippen LogP contribution in [0.25, 0.3) is 0 Å². The maximum atomic E-state index is 12.2. The molecule has 2 aromatic carbocycles. The van der Waals surface area contributed by atoms with Crippen LogP contribution in [-0.2, 0) is 10.5 Å². The number of anilines is 1. The molecule has 0 atom stereocenters. The lowest BCUT2D eigenvalue weighted by atomic mass is 10.1. The molecule has 0 bridgehead atoms. The first-order valence-electron chi connectivity index (χ1n) is 8.17. The van der Waals surface area contributed by atoms with Crippen molar-refractivity contribution in [3.8, 4) is 0 Å². The number of nitrogens with one attached hydrogen (secondary N) is 1. The maximum Gasteiger partial charge on any atom is 0.177 e. The Kier molecular flexibility index (Phi) is 6.29. The van der Waals surface area contributed by atoms with E-state index in [0.29, 0.717) is 6.54 Å². The van der Waals surface area contributed by atoms with Gasteiger partial charge in [0.1, 0.15) is 0 Å². The molecular weight excluding hydrogens is 320 g/mol. The normalized spacial score (nSPS) is 14.6. The molecule has 1 aliphatic heterocycles. The number of nitrogens with zero attached hydrogens (tertiary/aromatic N) is 1. The molecule has 24 heavy (non-hydrogen) atoms. The number of hydrogen-bond acceptors (Lipinski definition) is 5. The number of rotatable bonds is 7. The average molecular weight is 342 g/mol. The Morgan fingerprint density at radius 3 is 2.46 bits per heavy atom. The zero-order chi connectivity index (χ0) is 16.6. The standard InChI is InChI=1S/C19H22N2O2S/c22-19(14-20-24-15-16-4-2-1-3-5-16)17-6-8-18(9-7-17)21-10-12-23-13-11-21/h1-9,20H,10-15H2. The summed E-state index contributed by atoms with van der Waals surface area (Å²) in [4.78, 5) is 14.5. The van der Waals surface area contributed by atoms with Crippen molar-refractivity contribution < 1.29 is 9.53 Å². The van der Waals surface area contributed by atoms with Crippen LogP contribution in [0.15, 0.2) is 54.6 Å². The highest BCUT2D eigenvalue weighted by Crippen LogP contribution is 2.17. The van der Waals surface area contributed by atoms with E-state index < -0.39 is 0 Å². The molecular formula is C19H22N2O2S. The van der Waals surface area contributed by atoms with Crippen molar-refractivity contribution in [3.63, 3.8) is 0 Å². The quantitative estimate of drug-likeness (QED) is 0.476. The molecule has 0 saturated carbocycles. The number of hydrogen-bond donors (Lipinski definition) is 1. The topological polar surface area (TPSA) is 41.6 Å². The first kappa shape index (κ1) is 17.0. The van der Waals surface area contributed by atoms with Crippen LogP contribution in [0.5, 0.6) is 0 Å². The van der Waals surface area contributed by atoms with Gasteiger partial charge in [-0.2, -0.15) is 0 Å². The number of ketones is 1. The van der Waals surface area contributed by atoms with E-state index in [-0.39, 0.29) is 5.78 Å². The minimum atomic E-state index is 0.115. The highest BCUT2D eigenvalue weighted by atomic mass is 32.2. The van der Waals surface area contributed by atoms with Crippen LogP contribution in [0, 0.1) is 0 Å². The van der Waals surface area contributed by atoms with Gasteiger partial charge in [-0.15, -0.1) is 0 Å². The smallest absolute Gasteiger partial charge is 0.177 e. The Balaban J connectivity index is 1.44. The van der Waals surface area contributed by atoms with Crippen LogP contribution < -0.4 is 9.62 Å². The summed E-state index contributed by atoms with van der Waals surface area (Å²) in [5.74, 6) is 0.966. The fraction of sp³-hybridized carbons (Fsp3) is 0.316. The monoisotopic (exact) mass is 342 g/mol. The van der Waals surface area contributed by atoms with E-state index in [9.17, 15) is 4.79 Å². The largest absolute Gasteiger partial charge is 0.378 e. The van der Waals surface area contributed by atoms with E-state index in [0.717, 1.165) is 43.3 Å². The summed E-state index contributed by atoms with van der Waals surface area (Å²) >= 11 is 1.56. The van der Waals surface area contributed by atoms with Crippen molar-refractivity contribution in [2.45, 2.75) is 5.75 Å². The molecule has 4 nitrogen and oxygen atoms in total. The molecule has 5 heteroatoms. The average Bonchev–Trinajstić information content (AvgIpc) is 2.67. The summed E-state index contributed by atoms with van der Waals surface area (Å²) in [5, 5.41) is 0. The van der Waals surface area contributed by atoms with Crippen LogP contribution in [0.4, 0.5) is 5.69 Å². The second-order valence-corrected chi connectivity index (χ2v) is 6.53. The number of Topliss-reactive ketones (excluding diaryl/α,β-unsaturated/α-hetero) is 1. The first-order chi connectivity index (χ1) is 11.8. The van der Waals surface area contributed by atoms with Crippen LogP contribution in [0.1, 0.15) is 15.9 Å². The molecule has 126 valence electrons. The summed E-state index contributed by atoms with van der Waals surface area (Å²) in [6, 6.07) is 18.1. The van der Waals surface area contributed by atoms with Crippen LogP contribution in [-0.4, -0.2) is 38.6 Å². The van der Waals surface area contributed by atoms with Gasteiger partial charge < -0.3 is 9.64 Å². The van der Waals surface area contributed by atoms with Crippen molar-refractivity contribution in [2.24, 2.45) is 0 Å². The number of ether oxygens (including phenoxy) is 1. The fourth-order valence-electron chi connectivity index (χ4n) is 2.61. The van der Waals surface area contributed by atoms with Crippen LogP contribution in [0.2, 0.25) is 0 Å². The summed E-state index contributed by atoms with van der Waals surface area (Å²) in [5.41, 5.74) is 3.15. The second kappa shape index (κ2) is 8.87. The zero-order valence-electron chi connectivity index (χ0n) is 13.6. The van der Waals surface area contributed by atoms with E-state index in [2.05, 4.69) is 21.8 Å². The maximum absolute atomic E-state index is 12.2. The lowest BCUT2D eigenvalue weighted by Crippen LogP contribution is -2.36. The van der Waals surface area contributed by atoms with Crippen molar-refractivity contribution in [3.05, 3.63) is 65.7 Å². The van der Waals surface area contributed by atoms with Crippen molar-refractivity contribution in [1.82, 2.24) is 4.72 Å². The summed E-state index contributed by atoms with van der Waals surface area (Å²) in [6.07, 6.45) is 0. The van der Waals surface area contributed by atoms with Gasteiger partial charge in [-0.05, 0) is 29.8 Å². The molecule has 0 unspecified atom stereocenters. The Bertz CT molecular complexity index is 640. The van der Waals surface area contributed by atoms with E-state index >= 15 is 0 Å². The van der Waals surface area contributed by atoms with E-state index in [1.807, 2.05) is 42.5 Å². The van der Waals surface area contributed by atoms with Gasteiger partial charge in [0.15, 0.2) is 5.78 Å². The molecule has 1 N–H and O–H groups in total. The molecule has 1 heterocycles. The molecule has 0 spiro atoms. The van der Waals surface area contributed by atoms with Crippen molar-refractivity contribution in [2.75, 3.05) is 37.7 Å². The van der Waals surface area contributed by atoms with Gasteiger partial charge in [-0.1, -0.05) is 42.3 Å². The molecule has 1 aliphatic rings. The third kappa shape index (κ3) is 4.84. The molecule has 1 saturated heterocycles. The summed E-state index contributed by atoms with van der Waals surface area (Å²) < 4.78 is 8.51. The lowest BCUT2D eigenvalue weighted by Gasteiger charge is -2.28. The summed E-state index contributed by atoms with van der Waals surface area (Å²) in [6.45, 7) is 3.69. The van der Waals surface area contributed by atoms with Gasteiger partial charge in [-0.3, -0.25) is 9.52 Å². The molecule has 2 aromatic rings. The summed E-state index contributed by atoms with van der Waals surface area (Å²) in [7, 11) is 0. The van der Waals surface area contributed by atoms with Crippen LogP contribution >= 0.6 is 11.9 Å². The fourth-order valence-corrected chi connectivity index (χ4v) is 3.30. The molecule has 0 radical (unpaired) electrons. The highest BCUT2D eigenvalue weighted by Gasteiger charge is 2.12. The third-order valence-corrected chi connectivity index (χ3v) is 4.81. The van der Waals surface area contributed by atoms with Gasteiger partial charge in [0, 0.05) is 30.1 Å². The third-order valence-electron chi connectivity index (χ3n) is 3.98. The van der Waals surface area contributed by atoms with Gasteiger partial charge in [-0.25, -0.2) is 0 Å². The zero-order valence-corrected chi connectivity index (χ0v) is 14.4. The molecule has 0 aliphatic carbocycles. The van der Waals surface area contributed by atoms with Gasteiger partial charge in [0.25, 0.3) is 0 Å². The SMILES string of the molecule is O=C(CNSCc1ccccc1)c1ccc(N2CCOCC2)cc1. The predicted molar refractivity (Wildman–Crippen MR) is 99.5 cm³/mol. The lowest BCUT2D eigenvalue weighted by molar-refractivity contribution is 0.0998. The Morgan fingerprint density at radius 2 is 1.75 bits per heavy atom. The van der Waals surface area contributed by atoms with Crippen LogP contribution in [0.3, 0.4) is 0 Å². The van der Waals surface area contributed by atoms with E-state index in [1.54, 1.807) is 11.9 Å². The highest BCUT2D eigenvalue weighted by molar-refractivity contribution is 7.96. The van der Waals surface area contributed by atoms with Gasteiger partial charge in [0.2, 0.25) is 0 Å². The number of morpholine rings is 1. The molecule has 3 rings (SSSR count). The van der Waals surface area contributed by atoms with E-state index in [4.69, 9.17) is 4.74 Å². The molecule has 0 amide bonds. The second-order valence-electron chi connectivity index (χ2n) is 5.66. The molecule has 1 fully saturated rings. The molecule has 0 aromatic heterocycles.